The zero-order valence-electron chi connectivity index (χ0n) is 15.6. The molecule has 0 spiro atoms. The number of anilines is 2. The van der Waals surface area contributed by atoms with E-state index in [4.69, 9.17) is 4.74 Å². The lowest BCUT2D eigenvalue weighted by molar-refractivity contribution is 0.102. The van der Waals surface area contributed by atoms with Gasteiger partial charge in [0.1, 0.15) is 0 Å². The van der Waals surface area contributed by atoms with Crippen LogP contribution in [0.5, 0.6) is 5.88 Å². The number of nitrogens with one attached hydrogen (secondary N) is 2. The van der Waals surface area contributed by atoms with Gasteiger partial charge in [-0.3, -0.25) is 9.89 Å². The van der Waals surface area contributed by atoms with E-state index in [0.29, 0.717) is 23.1 Å². The molecule has 28 heavy (non-hydrogen) atoms. The summed E-state index contributed by atoms with van der Waals surface area (Å²) in [7, 11) is 1.59. The molecule has 3 aromatic rings. The first-order chi connectivity index (χ1) is 13.7. The molecule has 8 nitrogen and oxygen atoms in total. The summed E-state index contributed by atoms with van der Waals surface area (Å²) in [5.41, 5.74) is 2.26. The highest BCUT2D eigenvalue weighted by Crippen LogP contribution is 2.32. The Labute approximate surface area is 163 Å². The summed E-state index contributed by atoms with van der Waals surface area (Å²) < 4.78 is 5.21. The lowest BCUT2D eigenvalue weighted by Crippen LogP contribution is -2.36. The van der Waals surface area contributed by atoms with Crippen molar-refractivity contribution in [3.05, 3.63) is 60.0 Å². The predicted molar refractivity (Wildman–Crippen MR) is 106 cm³/mol. The minimum absolute atomic E-state index is 0.146. The first kappa shape index (κ1) is 18.0. The molecule has 1 aliphatic rings. The number of hydrogen-bond acceptors (Lipinski definition) is 6. The van der Waals surface area contributed by atoms with Gasteiger partial charge in [-0.05, 0) is 25.0 Å². The fourth-order valence-electron chi connectivity index (χ4n) is 3.48. The zero-order chi connectivity index (χ0) is 19.3. The number of aromatic amines is 1. The monoisotopic (exact) mass is 378 g/mol. The third-order valence-corrected chi connectivity index (χ3v) is 4.89. The molecule has 2 aromatic heterocycles. The Hall–Kier alpha value is -3.42. The Balaban J connectivity index is 1.50. The Bertz CT molecular complexity index is 943. The van der Waals surface area contributed by atoms with Crippen molar-refractivity contribution in [3.8, 4) is 5.88 Å². The number of methoxy groups -OCH3 is 1. The molecule has 0 aliphatic carbocycles. The third-order valence-electron chi connectivity index (χ3n) is 4.89. The predicted octanol–water partition coefficient (Wildman–Crippen LogP) is 2.84. The van der Waals surface area contributed by atoms with E-state index in [9.17, 15) is 4.79 Å². The highest BCUT2D eigenvalue weighted by Gasteiger charge is 2.27. The molecule has 0 bridgehead atoms. The largest absolute Gasteiger partial charge is 0.481 e. The molecule has 0 saturated carbocycles. The average Bonchev–Trinajstić information content (AvgIpc) is 3.22. The Morgan fingerprint density at radius 1 is 1.29 bits per heavy atom. The van der Waals surface area contributed by atoms with Crippen LogP contribution in [0, 0.1) is 0 Å². The van der Waals surface area contributed by atoms with Gasteiger partial charge < -0.3 is 15.0 Å². The molecular weight excluding hydrogens is 356 g/mol. The zero-order valence-corrected chi connectivity index (χ0v) is 15.6. The Morgan fingerprint density at radius 3 is 2.96 bits per heavy atom. The van der Waals surface area contributed by atoms with Crippen molar-refractivity contribution in [1.82, 2.24) is 20.2 Å². The minimum Gasteiger partial charge on any atom is -0.481 e. The number of carbonyl (C=O) groups is 1. The number of rotatable bonds is 5. The highest BCUT2D eigenvalue weighted by atomic mass is 16.5. The van der Waals surface area contributed by atoms with Crippen LogP contribution in [-0.2, 0) is 0 Å². The number of piperidine rings is 1. The van der Waals surface area contributed by atoms with Crippen LogP contribution in [0.3, 0.4) is 0 Å². The van der Waals surface area contributed by atoms with E-state index >= 15 is 0 Å². The molecule has 1 amide bonds. The van der Waals surface area contributed by atoms with E-state index in [-0.39, 0.29) is 11.8 Å². The van der Waals surface area contributed by atoms with Crippen molar-refractivity contribution in [3.63, 3.8) is 0 Å². The maximum atomic E-state index is 12.5. The van der Waals surface area contributed by atoms with Crippen molar-refractivity contribution >= 4 is 17.5 Å². The molecule has 0 unspecified atom stereocenters. The van der Waals surface area contributed by atoms with Gasteiger partial charge in [0.25, 0.3) is 5.91 Å². The fraction of sp³-hybridized carbons (Fsp3) is 0.300. The van der Waals surface area contributed by atoms with Crippen molar-refractivity contribution < 1.29 is 9.53 Å². The SMILES string of the molecule is COc1ccnc(N2CCC[C@@H](c3[nH]ncc3NC(=O)c3ccccc3)C2)n1. The van der Waals surface area contributed by atoms with Gasteiger partial charge in [-0.1, -0.05) is 18.2 Å². The van der Waals surface area contributed by atoms with Gasteiger partial charge >= 0.3 is 0 Å². The quantitative estimate of drug-likeness (QED) is 0.709. The van der Waals surface area contributed by atoms with Crippen LogP contribution < -0.4 is 15.0 Å². The number of benzene rings is 1. The molecule has 1 aliphatic heterocycles. The first-order valence-corrected chi connectivity index (χ1v) is 9.26. The van der Waals surface area contributed by atoms with Gasteiger partial charge in [0.15, 0.2) is 0 Å². The summed E-state index contributed by atoms with van der Waals surface area (Å²) in [6.07, 6.45) is 5.36. The van der Waals surface area contributed by atoms with Gasteiger partial charge in [-0.2, -0.15) is 10.1 Å². The second-order valence-electron chi connectivity index (χ2n) is 6.70. The second kappa shape index (κ2) is 8.08. The highest BCUT2D eigenvalue weighted by molar-refractivity contribution is 6.04. The minimum atomic E-state index is -0.146. The molecule has 144 valence electrons. The van der Waals surface area contributed by atoms with Crippen LogP contribution in [0.15, 0.2) is 48.8 Å². The summed E-state index contributed by atoms with van der Waals surface area (Å²) >= 11 is 0. The summed E-state index contributed by atoms with van der Waals surface area (Å²) in [4.78, 5) is 23.5. The average molecular weight is 378 g/mol. The van der Waals surface area contributed by atoms with Crippen molar-refractivity contribution in [2.75, 3.05) is 30.4 Å². The topological polar surface area (TPSA) is 96.0 Å². The van der Waals surface area contributed by atoms with Crippen LogP contribution in [-0.4, -0.2) is 46.3 Å². The van der Waals surface area contributed by atoms with Crippen LogP contribution in [0.1, 0.15) is 34.8 Å². The van der Waals surface area contributed by atoms with Gasteiger partial charge in [0, 0.05) is 36.8 Å². The van der Waals surface area contributed by atoms with Gasteiger partial charge in [-0.25, -0.2) is 4.98 Å². The number of hydrogen-bond donors (Lipinski definition) is 2. The molecule has 8 heteroatoms. The molecule has 1 fully saturated rings. The first-order valence-electron chi connectivity index (χ1n) is 9.26. The van der Waals surface area contributed by atoms with Crippen molar-refractivity contribution in [2.45, 2.75) is 18.8 Å². The fourth-order valence-corrected chi connectivity index (χ4v) is 3.48. The molecule has 0 radical (unpaired) electrons. The number of aromatic nitrogens is 4. The molecule has 4 rings (SSSR count). The third kappa shape index (κ3) is 3.80. The van der Waals surface area contributed by atoms with E-state index in [1.54, 1.807) is 37.7 Å². The van der Waals surface area contributed by atoms with Crippen molar-refractivity contribution in [2.24, 2.45) is 0 Å². The number of nitrogens with zero attached hydrogens (tertiary/aromatic N) is 4. The number of ether oxygens (including phenoxy) is 1. The van der Waals surface area contributed by atoms with E-state index in [1.807, 2.05) is 18.2 Å². The summed E-state index contributed by atoms with van der Waals surface area (Å²) in [5, 5.41) is 10.2. The van der Waals surface area contributed by atoms with Gasteiger partial charge in [0.2, 0.25) is 11.8 Å². The maximum Gasteiger partial charge on any atom is 0.255 e. The standard InChI is InChI=1S/C20H22N6O2/c1-28-17-9-10-21-20(24-17)26-11-5-8-15(13-26)18-16(12-22-25-18)23-19(27)14-6-3-2-4-7-14/h2-4,6-7,9-10,12,15H,5,8,11,13H2,1H3,(H,22,25)(H,23,27)/t15-/m1/s1. The lowest BCUT2D eigenvalue weighted by atomic mass is 9.94. The number of carbonyl (C=O) groups excluding carboxylic acids is 1. The van der Waals surface area contributed by atoms with E-state index in [2.05, 4.69) is 30.4 Å². The molecular formula is C20H22N6O2. The molecule has 3 heterocycles. The number of H-pyrrole nitrogens is 1. The lowest BCUT2D eigenvalue weighted by Gasteiger charge is -2.32. The summed E-state index contributed by atoms with van der Waals surface area (Å²) in [5.74, 6) is 1.24. The van der Waals surface area contributed by atoms with E-state index in [0.717, 1.165) is 31.6 Å². The number of amides is 1. The molecule has 1 atom stereocenters. The maximum absolute atomic E-state index is 12.5. The van der Waals surface area contributed by atoms with E-state index < -0.39 is 0 Å². The van der Waals surface area contributed by atoms with E-state index in [1.165, 1.54) is 0 Å². The summed E-state index contributed by atoms with van der Waals surface area (Å²) in [6, 6.07) is 10.9. The smallest absolute Gasteiger partial charge is 0.255 e. The van der Waals surface area contributed by atoms with Gasteiger partial charge in [0.05, 0.1) is 24.7 Å². The normalized spacial score (nSPS) is 16.6. The van der Waals surface area contributed by atoms with Crippen LogP contribution in [0.4, 0.5) is 11.6 Å². The molecule has 1 aromatic carbocycles. The Morgan fingerprint density at radius 2 is 2.14 bits per heavy atom. The molecule has 2 N–H and O–H groups in total. The van der Waals surface area contributed by atoms with Gasteiger partial charge in [-0.15, -0.1) is 0 Å². The molecule has 1 saturated heterocycles. The van der Waals surface area contributed by atoms with Crippen LogP contribution >= 0.6 is 0 Å². The second-order valence-corrected chi connectivity index (χ2v) is 6.70. The Kier molecular flexibility index (Phi) is 5.18. The van der Waals surface area contributed by atoms with Crippen molar-refractivity contribution in [1.29, 1.82) is 0 Å². The summed E-state index contributed by atoms with van der Waals surface area (Å²) in [6.45, 7) is 1.62. The van der Waals surface area contributed by atoms with Crippen LogP contribution in [0.25, 0.3) is 0 Å². The van der Waals surface area contributed by atoms with Crippen LogP contribution in [0.2, 0.25) is 0 Å².